The van der Waals surface area contributed by atoms with Gasteiger partial charge in [0.05, 0.1) is 0 Å². The molecule has 0 saturated heterocycles. The van der Waals surface area contributed by atoms with Crippen LogP contribution in [0.25, 0.3) is 0 Å². The maximum absolute atomic E-state index is 12.0. The highest BCUT2D eigenvalue weighted by atomic mass is 35.5. The molecule has 21 heavy (non-hydrogen) atoms. The summed E-state index contributed by atoms with van der Waals surface area (Å²) in [6.07, 6.45) is 0.900. The normalized spacial score (nSPS) is 16.9. The topological polar surface area (TPSA) is 75.6 Å². The minimum Gasteiger partial charge on any atom is -0.481 e. The molecule has 0 aromatic heterocycles. The molecule has 1 fully saturated rings. The first-order valence-corrected chi connectivity index (χ1v) is 7.22. The molecule has 1 amide bonds. The highest BCUT2D eigenvalue weighted by Gasteiger charge is 2.38. The predicted octanol–water partition coefficient (Wildman–Crippen LogP) is 2.40. The molecule has 2 rings (SSSR count). The molecule has 114 valence electrons. The number of halogens is 1. The molecule has 5 nitrogen and oxygen atoms in total. The molecule has 0 bridgehead atoms. The van der Waals surface area contributed by atoms with Crippen LogP contribution in [0, 0.1) is 12.8 Å². The number of amides is 1. The van der Waals surface area contributed by atoms with E-state index in [1.165, 1.54) is 0 Å². The van der Waals surface area contributed by atoms with Crippen LogP contribution >= 0.6 is 11.6 Å². The van der Waals surface area contributed by atoms with E-state index in [2.05, 4.69) is 5.32 Å². The first kappa shape index (κ1) is 15.6. The average molecular weight is 312 g/mol. The molecular weight excluding hydrogens is 294 g/mol. The van der Waals surface area contributed by atoms with Gasteiger partial charge in [-0.1, -0.05) is 11.6 Å². The van der Waals surface area contributed by atoms with Crippen molar-refractivity contribution >= 4 is 23.5 Å². The summed E-state index contributed by atoms with van der Waals surface area (Å²) < 4.78 is 5.53. The molecule has 0 heterocycles. The Morgan fingerprint density at radius 1 is 1.43 bits per heavy atom. The number of carbonyl (C=O) groups excluding carboxylic acids is 1. The molecule has 1 aromatic carbocycles. The number of hydrogen-bond donors (Lipinski definition) is 2. The van der Waals surface area contributed by atoms with E-state index >= 15 is 0 Å². The van der Waals surface area contributed by atoms with Crippen molar-refractivity contribution in [3.63, 3.8) is 0 Å². The van der Waals surface area contributed by atoms with Crippen molar-refractivity contribution in [1.29, 1.82) is 0 Å². The molecule has 2 unspecified atom stereocenters. The van der Waals surface area contributed by atoms with Crippen LogP contribution in [0.4, 0.5) is 0 Å². The lowest BCUT2D eigenvalue weighted by molar-refractivity contribution is -0.143. The van der Waals surface area contributed by atoms with Crippen molar-refractivity contribution in [3.05, 3.63) is 28.8 Å². The molecule has 0 spiro atoms. The number of ether oxygens (including phenoxy) is 1. The van der Waals surface area contributed by atoms with Crippen LogP contribution in [0.2, 0.25) is 5.02 Å². The van der Waals surface area contributed by atoms with E-state index in [9.17, 15) is 9.59 Å². The fourth-order valence-electron chi connectivity index (χ4n) is 2.03. The Hall–Kier alpha value is -1.75. The van der Waals surface area contributed by atoms with Gasteiger partial charge in [-0.05, 0) is 56.4 Å². The zero-order valence-corrected chi connectivity index (χ0v) is 12.7. The Balaban J connectivity index is 1.95. The number of carboxylic acid groups (broad SMARTS) is 1. The van der Waals surface area contributed by atoms with Gasteiger partial charge in [0.15, 0.2) is 6.10 Å². The summed E-state index contributed by atoms with van der Waals surface area (Å²) in [4.78, 5) is 23.1. The van der Waals surface area contributed by atoms with Gasteiger partial charge in [0.25, 0.3) is 5.91 Å². The van der Waals surface area contributed by atoms with E-state index in [0.717, 1.165) is 18.4 Å². The number of benzene rings is 1. The van der Waals surface area contributed by atoms with Crippen molar-refractivity contribution in [2.24, 2.45) is 5.92 Å². The molecule has 1 aliphatic rings. The van der Waals surface area contributed by atoms with Crippen molar-refractivity contribution in [1.82, 2.24) is 5.32 Å². The maximum Gasteiger partial charge on any atom is 0.326 e. The van der Waals surface area contributed by atoms with Gasteiger partial charge in [0.2, 0.25) is 0 Å². The number of aliphatic carboxylic acids is 1. The second kappa shape index (κ2) is 6.35. The third kappa shape index (κ3) is 4.11. The van der Waals surface area contributed by atoms with E-state index < -0.39 is 24.0 Å². The molecule has 1 aromatic rings. The van der Waals surface area contributed by atoms with Crippen LogP contribution in [0.5, 0.6) is 5.75 Å². The fourth-order valence-corrected chi connectivity index (χ4v) is 2.15. The second-order valence-corrected chi connectivity index (χ2v) is 5.74. The van der Waals surface area contributed by atoms with Crippen LogP contribution in [-0.4, -0.2) is 29.1 Å². The molecule has 2 atom stereocenters. The van der Waals surface area contributed by atoms with Gasteiger partial charge in [-0.25, -0.2) is 4.79 Å². The molecule has 6 heteroatoms. The van der Waals surface area contributed by atoms with Crippen LogP contribution in [-0.2, 0) is 9.59 Å². The van der Waals surface area contributed by atoms with Crippen molar-refractivity contribution < 1.29 is 19.4 Å². The van der Waals surface area contributed by atoms with E-state index in [1.807, 2.05) is 6.92 Å². The van der Waals surface area contributed by atoms with Crippen molar-refractivity contribution in [2.75, 3.05) is 0 Å². The number of carbonyl (C=O) groups is 2. The van der Waals surface area contributed by atoms with Crippen LogP contribution < -0.4 is 10.1 Å². The average Bonchev–Trinajstić information content (AvgIpc) is 3.23. The standard InChI is InChI=1S/C15H18ClNO4/c1-8-7-11(5-6-12(8)16)21-9(2)14(18)17-13(15(19)20)10-3-4-10/h5-7,9-10,13H,3-4H2,1-2H3,(H,17,18)(H,19,20). The van der Waals surface area contributed by atoms with Crippen molar-refractivity contribution in [3.8, 4) is 5.75 Å². The van der Waals surface area contributed by atoms with Crippen LogP contribution in [0.15, 0.2) is 18.2 Å². The van der Waals surface area contributed by atoms with E-state index in [0.29, 0.717) is 10.8 Å². The zero-order chi connectivity index (χ0) is 15.6. The number of aryl methyl sites for hydroxylation is 1. The smallest absolute Gasteiger partial charge is 0.326 e. The van der Waals surface area contributed by atoms with E-state index in [-0.39, 0.29) is 5.92 Å². The Labute approximate surface area is 128 Å². The lowest BCUT2D eigenvalue weighted by atomic mass is 10.2. The Morgan fingerprint density at radius 3 is 2.62 bits per heavy atom. The number of nitrogens with one attached hydrogen (secondary N) is 1. The van der Waals surface area contributed by atoms with Gasteiger partial charge >= 0.3 is 5.97 Å². The molecule has 0 aliphatic heterocycles. The summed E-state index contributed by atoms with van der Waals surface area (Å²) >= 11 is 5.93. The van der Waals surface area contributed by atoms with Gasteiger partial charge in [-0.3, -0.25) is 4.79 Å². The number of rotatable bonds is 6. The Kier molecular flexibility index (Phi) is 4.73. The van der Waals surface area contributed by atoms with Gasteiger partial charge in [0, 0.05) is 5.02 Å². The van der Waals surface area contributed by atoms with Gasteiger partial charge < -0.3 is 15.2 Å². The van der Waals surface area contributed by atoms with Gasteiger partial charge in [-0.15, -0.1) is 0 Å². The highest BCUT2D eigenvalue weighted by molar-refractivity contribution is 6.31. The first-order chi connectivity index (χ1) is 9.88. The molecule has 1 aliphatic carbocycles. The SMILES string of the molecule is Cc1cc(OC(C)C(=O)NC(C(=O)O)C2CC2)ccc1Cl. The minimum atomic E-state index is -1.000. The molecule has 2 N–H and O–H groups in total. The van der Waals surface area contributed by atoms with Gasteiger partial charge in [0.1, 0.15) is 11.8 Å². The van der Waals surface area contributed by atoms with Crippen LogP contribution in [0.3, 0.4) is 0 Å². The van der Waals surface area contributed by atoms with Gasteiger partial charge in [-0.2, -0.15) is 0 Å². The van der Waals surface area contributed by atoms with E-state index in [4.69, 9.17) is 21.4 Å². The Morgan fingerprint density at radius 2 is 2.10 bits per heavy atom. The van der Waals surface area contributed by atoms with Crippen molar-refractivity contribution in [2.45, 2.75) is 38.8 Å². The number of carboxylic acids is 1. The van der Waals surface area contributed by atoms with E-state index in [1.54, 1.807) is 25.1 Å². The predicted molar refractivity (Wildman–Crippen MR) is 78.6 cm³/mol. The lowest BCUT2D eigenvalue weighted by Crippen LogP contribution is -2.47. The molecule has 1 saturated carbocycles. The maximum atomic E-state index is 12.0. The molecule has 0 radical (unpaired) electrons. The second-order valence-electron chi connectivity index (χ2n) is 5.33. The lowest BCUT2D eigenvalue weighted by Gasteiger charge is -2.19. The largest absolute Gasteiger partial charge is 0.481 e. The summed E-state index contributed by atoms with van der Waals surface area (Å²) in [5.41, 5.74) is 0.850. The molecular formula is C15H18ClNO4. The summed E-state index contributed by atoms with van der Waals surface area (Å²) in [5.74, 6) is -0.864. The summed E-state index contributed by atoms with van der Waals surface area (Å²) in [7, 11) is 0. The quantitative estimate of drug-likeness (QED) is 0.846. The van der Waals surface area contributed by atoms with Crippen LogP contribution in [0.1, 0.15) is 25.3 Å². The third-order valence-electron chi connectivity index (χ3n) is 3.47. The summed E-state index contributed by atoms with van der Waals surface area (Å²) in [6.45, 7) is 3.43. The highest BCUT2D eigenvalue weighted by Crippen LogP contribution is 2.32. The summed E-state index contributed by atoms with van der Waals surface area (Å²) in [5, 5.41) is 12.3. The minimum absolute atomic E-state index is 0.0384. The summed E-state index contributed by atoms with van der Waals surface area (Å²) in [6, 6.07) is 4.28. The first-order valence-electron chi connectivity index (χ1n) is 6.84. The number of hydrogen-bond acceptors (Lipinski definition) is 3. The third-order valence-corrected chi connectivity index (χ3v) is 3.89. The zero-order valence-electron chi connectivity index (χ0n) is 11.9. The monoisotopic (exact) mass is 311 g/mol. The fraction of sp³-hybridized carbons (Fsp3) is 0.467. The Bertz CT molecular complexity index is 557.